The van der Waals surface area contributed by atoms with Crippen LogP contribution in [0.15, 0.2) is 29.2 Å². The third-order valence-corrected chi connectivity index (χ3v) is 6.29. The average Bonchev–Trinajstić information content (AvgIpc) is 2.45. The fourth-order valence-electron chi connectivity index (χ4n) is 1.98. The van der Waals surface area contributed by atoms with E-state index in [4.69, 9.17) is 11.6 Å². The summed E-state index contributed by atoms with van der Waals surface area (Å²) in [4.78, 5) is 0.0961. The predicted octanol–water partition coefficient (Wildman–Crippen LogP) is 2.07. The summed E-state index contributed by atoms with van der Waals surface area (Å²) in [6, 6.07) is 5.79. The van der Waals surface area contributed by atoms with Crippen LogP contribution in [0, 0.1) is 0 Å². The van der Waals surface area contributed by atoms with Gasteiger partial charge < -0.3 is 0 Å². The maximum atomic E-state index is 12.1. The van der Waals surface area contributed by atoms with E-state index in [1.54, 1.807) is 0 Å². The average molecular weight is 383 g/mol. The van der Waals surface area contributed by atoms with Gasteiger partial charge in [-0.2, -0.15) is 0 Å². The summed E-state index contributed by atoms with van der Waals surface area (Å²) in [6.45, 7) is 2.56. The van der Waals surface area contributed by atoms with E-state index in [2.05, 4.69) is 4.72 Å². The van der Waals surface area contributed by atoms with Crippen molar-refractivity contribution < 1.29 is 16.8 Å². The van der Waals surface area contributed by atoms with Crippen LogP contribution in [0.4, 0.5) is 0 Å². The molecule has 0 aromatic heterocycles. The molecule has 1 rings (SSSR count). The highest BCUT2D eigenvalue weighted by Gasteiger charge is 2.18. The Morgan fingerprint density at radius 2 is 1.65 bits per heavy atom. The zero-order valence-corrected chi connectivity index (χ0v) is 15.7. The summed E-state index contributed by atoms with van der Waals surface area (Å²) in [5.74, 6) is 0. The zero-order valence-electron chi connectivity index (χ0n) is 13.3. The minimum Gasteiger partial charge on any atom is -0.213 e. The fourth-order valence-corrected chi connectivity index (χ4v) is 4.01. The second kappa shape index (κ2) is 8.98. The highest BCUT2D eigenvalue weighted by molar-refractivity contribution is 7.89. The SMILES string of the molecule is CCCCCN(CCNS(=O)(=O)c1ccc(Cl)cc1)S(C)(=O)=O. The Balaban J connectivity index is 2.62. The van der Waals surface area contributed by atoms with Gasteiger partial charge in [-0.25, -0.2) is 25.9 Å². The van der Waals surface area contributed by atoms with Crippen LogP contribution in [0.25, 0.3) is 0 Å². The third kappa shape index (κ3) is 7.17. The molecule has 0 amide bonds. The largest absolute Gasteiger partial charge is 0.240 e. The van der Waals surface area contributed by atoms with E-state index in [0.29, 0.717) is 11.6 Å². The Morgan fingerprint density at radius 1 is 1.04 bits per heavy atom. The van der Waals surface area contributed by atoms with Gasteiger partial charge in [-0.15, -0.1) is 0 Å². The molecule has 0 aliphatic carbocycles. The lowest BCUT2D eigenvalue weighted by Gasteiger charge is -2.20. The molecule has 1 aromatic carbocycles. The number of nitrogens with zero attached hydrogens (tertiary/aromatic N) is 1. The molecule has 23 heavy (non-hydrogen) atoms. The number of rotatable bonds is 10. The van der Waals surface area contributed by atoms with E-state index in [0.717, 1.165) is 25.5 Å². The van der Waals surface area contributed by atoms with Crippen LogP contribution in [0.3, 0.4) is 0 Å². The maximum absolute atomic E-state index is 12.1. The minimum atomic E-state index is -3.67. The summed E-state index contributed by atoms with van der Waals surface area (Å²) < 4.78 is 51.4. The van der Waals surface area contributed by atoms with Crippen LogP contribution in [-0.2, 0) is 20.0 Å². The van der Waals surface area contributed by atoms with E-state index in [1.807, 2.05) is 6.92 Å². The van der Waals surface area contributed by atoms with Crippen molar-refractivity contribution in [2.45, 2.75) is 31.1 Å². The molecule has 6 nitrogen and oxygen atoms in total. The topological polar surface area (TPSA) is 83.6 Å². The van der Waals surface area contributed by atoms with Crippen LogP contribution < -0.4 is 4.72 Å². The van der Waals surface area contributed by atoms with E-state index in [-0.39, 0.29) is 18.0 Å². The number of halogens is 1. The first-order chi connectivity index (χ1) is 10.7. The normalized spacial score (nSPS) is 12.7. The van der Waals surface area contributed by atoms with Gasteiger partial charge in [-0.05, 0) is 30.7 Å². The number of benzene rings is 1. The van der Waals surface area contributed by atoms with E-state index >= 15 is 0 Å². The lowest BCUT2D eigenvalue weighted by molar-refractivity contribution is 0.405. The van der Waals surface area contributed by atoms with Crippen molar-refractivity contribution in [2.24, 2.45) is 0 Å². The minimum absolute atomic E-state index is 0.0180. The van der Waals surface area contributed by atoms with Gasteiger partial charge in [-0.1, -0.05) is 31.4 Å². The number of hydrogen-bond acceptors (Lipinski definition) is 4. The molecule has 0 aliphatic heterocycles. The number of nitrogens with one attached hydrogen (secondary N) is 1. The lowest BCUT2D eigenvalue weighted by atomic mass is 10.2. The molecule has 1 N–H and O–H groups in total. The Labute approximate surface area is 143 Å². The molecular weight excluding hydrogens is 360 g/mol. The smallest absolute Gasteiger partial charge is 0.213 e. The van der Waals surface area contributed by atoms with Crippen LogP contribution in [0.1, 0.15) is 26.2 Å². The van der Waals surface area contributed by atoms with Crippen molar-refractivity contribution in [1.29, 1.82) is 0 Å². The predicted molar refractivity (Wildman–Crippen MR) is 92.6 cm³/mol. The van der Waals surface area contributed by atoms with Crippen LogP contribution in [0.5, 0.6) is 0 Å². The maximum Gasteiger partial charge on any atom is 0.240 e. The lowest BCUT2D eigenvalue weighted by Crippen LogP contribution is -2.38. The van der Waals surface area contributed by atoms with Gasteiger partial charge in [0.15, 0.2) is 0 Å². The molecule has 0 heterocycles. The van der Waals surface area contributed by atoms with Crippen LogP contribution in [-0.4, -0.2) is 47.0 Å². The molecule has 0 saturated carbocycles. The van der Waals surface area contributed by atoms with E-state index < -0.39 is 20.0 Å². The Morgan fingerprint density at radius 3 is 2.17 bits per heavy atom. The Kier molecular flexibility index (Phi) is 7.96. The molecule has 0 radical (unpaired) electrons. The molecule has 1 aromatic rings. The summed E-state index contributed by atoms with van der Waals surface area (Å²) >= 11 is 5.73. The third-order valence-electron chi connectivity index (χ3n) is 3.26. The first kappa shape index (κ1) is 20.4. The molecule has 0 unspecified atom stereocenters. The second-order valence-electron chi connectivity index (χ2n) is 5.22. The van der Waals surface area contributed by atoms with E-state index in [9.17, 15) is 16.8 Å². The van der Waals surface area contributed by atoms with Gasteiger partial charge in [0.05, 0.1) is 11.2 Å². The quantitative estimate of drug-likeness (QED) is 0.628. The zero-order chi connectivity index (χ0) is 17.5. The molecule has 0 fully saturated rings. The molecule has 0 saturated heterocycles. The van der Waals surface area contributed by atoms with Gasteiger partial charge in [-0.3, -0.25) is 0 Å². The molecule has 0 atom stereocenters. The van der Waals surface area contributed by atoms with Crippen LogP contribution >= 0.6 is 11.6 Å². The van der Waals surface area contributed by atoms with Gasteiger partial charge in [0.1, 0.15) is 0 Å². The molecular formula is C14H23ClN2O4S2. The molecule has 0 aliphatic rings. The highest BCUT2D eigenvalue weighted by atomic mass is 35.5. The Bertz CT molecular complexity index is 688. The van der Waals surface area contributed by atoms with Gasteiger partial charge in [0.2, 0.25) is 20.0 Å². The summed E-state index contributed by atoms with van der Waals surface area (Å²) in [6.07, 6.45) is 3.81. The van der Waals surface area contributed by atoms with Crippen molar-refractivity contribution in [3.8, 4) is 0 Å². The van der Waals surface area contributed by atoms with Gasteiger partial charge in [0, 0.05) is 24.7 Å². The van der Waals surface area contributed by atoms with Crippen molar-refractivity contribution >= 4 is 31.6 Å². The molecule has 0 spiro atoms. The summed E-state index contributed by atoms with van der Waals surface area (Å²) in [5, 5.41) is 0.447. The molecule has 0 bridgehead atoms. The summed E-state index contributed by atoms with van der Waals surface area (Å²) in [7, 11) is -7.03. The molecule has 132 valence electrons. The number of hydrogen-bond donors (Lipinski definition) is 1. The first-order valence-corrected chi connectivity index (χ1v) is 11.1. The monoisotopic (exact) mass is 382 g/mol. The van der Waals surface area contributed by atoms with Gasteiger partial charge >= 0.3 is 0 Å². The number of sulfonamides is 2. The highest BCUT2D eigenvalue weighted by Crippen LogP contribution is 2.13. The first-order valence-electron chi connectivity index (χ1n) is 7.37. The van der Waals surface area contributed by atoms with Gasteiger partial charge in [0.25, 0.3) is 0 Å². The number of unbranched alkanes of at least 4 members (excludes halogenated alkanes) is 2. The van der Waals surface area contributed by atoms with Crippen molar-refractivity contribution in [1.82, 2.24) is 9.03 Å². The standard InChI is InChI=1S/C14H23ClN2O4S2/c1-3-4-5-11-17(22(2,18)19)12-10-16-23(20,21)14-8-6-13(15)7-9-14/h6-9,16H,3-5,10-12H2,1-2H3. The Hall–Kier alpha value is -0.670. The van der Waals surface area contributed by atoms with Crippen molar-refractivity contribution in [2.75, 3.05) is 25.9 Å². The second-order valence-corrected chi connectivity index (χ2v) is 9.41. The fraction of sp³-hybridized carbons (Fsp3) is 0.571. The van der Waals surface area contributed by atoms with Crippen molar-refractivity contribution in [3.63, 3.8) is 0 Å². The molecule has 9 heteroatoms. The van der Waals surface area contributed by atoms with E-state index in [1.165, 1.54) is 28.6 Å². The summed E-state index contributed by atoms with van der Waals surface area (Å²) in [5.41, 5.74) is 0. The van der Waals surface area contributed by atoms with Crippen LogP contribution in [0.2, 0.25) is 5.02 Å². The van der Waals surface area contributed by atoms with Crippen molar-refractivity contribution in [3.05, 3.63) is 29.3 Å².